The van der Waals surface area contributed by atoms with Crippen LogP contribution >= 0.6 is 11.6 Å². The van der Waals surface area contributed by atoms with Gasteiger partial charge in [0.2, 0.25) is 0 Å². The second-order valence-electron chi connectivity index (χ2n) is 4.90. The van der Waals surface area contributed by atoms with Gasteiger partial charge in [0.25, 0.3) is 0 Å². The summed E-state index contributed by atoms with van der Waals surface area (Å²) in [5, 5.41) is 3.31. The minimum atomic E-state index is -0.466. The highest BCUT2D eigenvalue weighted by molar-refractivity contribution is 6.30. The molecule has 0 fully saturated rings. The van der Waals surface area contributed by atoms with Crippen LogP contribution in [0.1, 0.15) is 21.5 Å². The molecule has 1 heterocycles. The molecule has 0 aromatic heterocycles. The first kappa shape index (κ1) is 13.1. The largest absolute Gasteiger partial charge is 0.384 e. The van der Waals surface area contributed by atoms with Gasteiger partial charge in [-0.3, -0.25) is 4.79 Å². The number of hydrogen-bond acceptors (Lipinski definition) is 2. The molecule has 0 radical (unpaired) electrons. The monoisotopic (exact) mass is 289 g/mol. The summed E-state index contributed by atoms with van der Waals surface area (Å²) in [5.74, 6) is -0.450. The van der Waals surface area contributed by atoms with Gasteiger partial charge >= 0.3 is 0 Å². The number of halogens is 2. The lowest BCUT2D eigenvalue weighted by Crippen LogP contribution is -2.04. The van der Waals surface area contributed by atoms with E-state index in [1.165, 1.54) is 17.7 Å². The van der Waals surface area contributed by atoms with E-state index in [-0.39, 0.29) is 17.2 Å². The maximum absolute atomic E-state index is 13.1. The van der Waals surface area contributed by atoms with Crippen LogP contribution in [0, 0.1) is 5.82 Å². The van der Waals surface area contributed by atoms with E-state index in [4.69, 9.17) is 11.6 Å². The van der Waals surface area contributed by atoms with E-state index in [0.717, 1.165) is 24.2 Å². The fourth-order valence-corrected chi connectivity index (χ4v) is 2.62. The number of nitrogens with one attached hydrogen (secondary N) is 1. The molecular formula is C16H13ClFNO. The van der Waals surface area contributed by atoms with Gasteiger partial charge in [-0.15, -0.1) is 0 Å². The first-order valence-electron chi connectivity index (χ1n) is 6.47. The molecule has 0 unspecified atom stereocenters. The van der Waals surface area contributed by atoms with Crippen LogP contribution < -0.4 is 5.32 Å². The van der Waals surface area contributed by atoms with Gasteiger partial charge in [0, 0.05) is 24.2 Å². The third kappa shape index (κ3) is 2.54. The summed E-state index contributed by atoms with van der Waals surface area (Å²) in [4.78, 5) is 12.3. The van der Waals surface area contributed by atoms with Crippen molar-refractivity contribution in [3.8, 4) is 0 Å². The summed E-state index contributed by atoms with van der Waals surface area (Å²) in [7, 11) is 0. The lowest BCUT2D eigenvalue weighted by Gasteiger charge is -2.05. The van der Waals surface area contributed by atoms with Crippen LogP contribution in [-0.2, 0) is 12.8 Å². The van der Waals surface area contributed by atoms with Crippen molar-refractivity contribution in [1.82, 2.24) is 0 Å². The van der Waals surface area contributed by atoms with Crippen molar-refractivity contribution in [2.24, 2.45) is 0 Å². The van der Waals surface area contributed by atoms with Crippen molar-refractivity contribution < 1.29 is 9.18 Å². The van der Waals surface area contributed by atoms with E-state index >= 15 is 0 Å². The molecule has 20 heavy (non-hydrogen) atoms. The number of carbonyl (C=O) groups excluding carboxylic acids is 1. The van der Waals surface area contributed by atoms with Crippen molar-refractivity contribution in [3.63, 3.8) is 0 Å². The Balaban J connectivity index is 1.80. The third-order valence-corrected chi connectivity index (χ3v) is 3.78. The number of benzene rings is 2. The minimum absolute atomic E-state index is 0.0161. The van der Waals surface area contributed by atoms with E-state index in [1.807, 2.05) is 18.2 Å². The van der Waals surface area contributed by atoms with E-state index < -0.39 is 5.82 Å². The molecule has 0 saturated heterocycles. The maximum atomic E-state index is 13.1. The number of anilines is 1. The van der Waals surface area contributed by atoms with Crippen molar-refractivity contribution >= 4 is 23.1 Å². The molecule has 4 heteroatoms. The molecule has 0 saturated carbocycles. The molecule has 0 aliphatic carbocycles. The number of ketones is 1. The Labute approximate surface area is 121 Å². The average Bonchev–Trinajstić information content (AvgIpc) is 2.90. The van der Waals surface area contributed by atoms with Gasteiger partial charge in [-0.2, -0.15) is 0 Å². The van der Waals surface area contributed by atoms with E-state index in [1.54, 1.807) is 6.07 Å². The second kappa shape index (κ2) is 5.25. The Morgan fingerprint density at radius 3 is 2.90 bits per heavy atom. The molecule has 102 valence electrons. The molecule has 1 aliphatic rings. The smallest absolute Gasteiger partial charge is 0.167 e. The summed E-state index contributed by atoms with van der Waals surface area (Å²) in [6, 6.07) is 10.1. The van der Waals surface area contributed by atoms with Crippen LogP contribution in [0.25, 0.3) is 0 Å². The molecule has 1 aliphatic heterocycles. The Morgan fingerprint density at radius 1 is 1.25 bits per heavy atom. The zero-order chi connectivity index (χ0) is 14.1. The SMILES string of the molecule is O=C(Cc1ccc(F)c(Cl)c1)c1ccc2c(c1)CCN2. The van der Waals surface area contributed by atoms with Crippen LogP contribution in [0.5, 0.6) is 0 Å². The Hall–Kier alpha value is -1.87. The molecule has 0 bridgehead atoms. The Bertz CT molecular complexity index is 684. The number of hydrogen-bond donors (Lipinski definition) is 1. The quantitative estimate of drug-likeness (QED) is 0.869. The fourth-order valence-electron chi connectivity index (χ4n) is 2.42. The first-order chi connectivity index (χ1) is 9.63. The second-order valence-corrected chi connectivity index (χ2v) is 5.30. The highest BCUT2D eigenvalue weighted by Crippen LogP contribution is 2.24. The molecule has 0 atom stereocenters. The lowest BCUT2D eigenvalue weighted by atomic mass is 10.0. The normalized spacial score (nSPS) is 12.9. The molecule has 0 spiro atoms. The molecule has 2 aromatic carbocycles. The standard InChI is InChI=1S/C16H13ClFNO/c17-13-7-10(1-3-14(13)18)8-16(20)12-2-4-15-11(9-12)5-6-19-15/h1-4,7,9,19H,5-6,8H2. The van der Waals surface area contributed by atoms with E-state index in [2.05, 4.69) is 5.32 Å². The zero-order valence-corrected chi connectivity index (χ0v) is 11.5. The van der Waals surface area contributed by atoms with Crippen LogP contribution in [0.2, 0.25) is 5.02 Å². The van der Waals surface area contributed by atoms with Crippen molar-refractivity contribution in [2.75, 3.05) is 11.9 Å². The van der Waals surface area contributed by atoms with Gasteiger partial charge in [-0.1, -0.05) is 17.7 Å². The van der Waals surface area contributed by atoms with Gasteiger partial charge < -0.3 is 5.32 Å². The maximum Gasteiger partial charge on any atom is 0.167 e. The number of Topliss-reactive ketones (excluding diaryl/α,β-unsaturated/α-hetero) is 1. The summed E-state index contributed by atoms with van der Waals surface area (Å²) >= 11 is 5.73. The fraction of sp³-hybridized carbons (Fsp3) is 0.188. The van der Waals surface area contributed by atoms with Crippen LogP contribution in [0.15, 0.2) is 36.4 Å². The van der Waals surface area contributed by atoms with Crippen molar-refractivity contribution in [3.05, 3.63) is 63.9 Å². The van der Waals surface area contributed by atoms with Gasteiger partial charge in [0.05, 0.1) is 5.02 Å². The third-order valence-electron chi connectivity index (χ3n) is 3.49. The predicted molar refractivity (Wildman–Crippen MR) is 78.1 cm³/mol. The average molecular weight is 290 g/mol. The zero-order valence-electron chi connectivity index (χ0n) is 10.7. The van der Waals surface area contributed by atoms with Crippen LogP contribution in [0.4, 0.5) is 10.1 Å². The van der Waals surface area contributed by atoms with Crippen LogP contribution in [-0.4, -0.2) is 12.3 Å². The Morgan fingerprint density at radius 2 is 2.10 bits per heavy atom. The van der Waals surface area contributed by atoms with Crippen LogP contribution in [0.3, 0.4) is 0 Å². The van der Waals surface area contributed by atoms with Gasteiger partial charge in [-0.25, -0.2) is 4.39 Å². The lowest BCUT2D eigenvalue weighted by molar-refractivity contribution is 0.0993. The number of carbonyl (C=O) groups is 1. The summed E-state index contributed by atoms with van der Waals surface area (Å²) < 4.78 is 13.1. The van der Waals surface area contributed by atoms with Gasteiger partial charge in [0.15, 0.2) is 5.78 Å². The topological polar surface area (TPSA) is 29.1 Å². The molecule has 1 N–H and O–H groups in total. The molecule has 2 nitrogen and oxygen atoms in total. The summed E-state index contributed by atoms with van der Waals surface area (Å²) in [6.45, 7) is 0.917. The number of rotatable bonds is 3. The highest BCUT2D eigenvalue weighted by atomic mass is 35.5. The van der Waals surface area contributed by atoms with Crippen molar-refractivity contribution in [1.29, 1.82) is 0 Å². The molecule has 2 aromatic rings. The molecular weight excluding hydrogens is 277 g/mol. The van der Waals surface area contributed by atoms with Gasteiger partial charge in [0.1, 0.15) is 5.82 Å². The van der Waals surface area contributed by atoms with Gasteiger partial charge in [-0.05, 0) is 47.9 Å². The molecule has 0 amide bonds. The predicted octanol–water partition coefficient (Wildman–Crippen LogP) is 3.87. The van der Waals surface area contributed by atoms with Crippen molar-refractivity contribution in [2.45, 2.75) is 12.8 Å². The highest BCUT2D eigenvalue weighted by Gasteiger charge is 2.14. The minimum Gasteiger partial charge on any atom is -0.384 e. The molecule has 3 rings (SSSR count). The summed E-state index contributed by atoms with van der Waals surface area (Å²) in [5.41, 5.74) is 3.69. The van der Waals surface area contributed by atoms with E-state index in [0.29, 0.717) is 5.56 Å². The van der Waals surface area contributed by atoms with E-state index in [9.17, 15) is 9.18 Å². The first-order valence-corrected chi connectivity index (χ1v) is 6.85. The number of fused-ring (bicyclic) bond motifs is 1. The Kier molecular flexibility index (Phi) is 3.45. The summed E-state index contributed by atoms with van der Waals surface area (Å²) in [6.07, 6.45) is 1.17.